The highest BCUT2D eigenvalue weighted by molar-refractivity contribution is 5.99. The third-order valence-electron chi connectivity index (χ3n) is 3.65. The molecular formula is C14H20N2O2. The number of carbonyl (C=O) groups is 1. The smallest absolute Gasteiger partial charge is 0.161 e. The zero-order chi connectivity index (χ0) is 13.1. The number of aliphatic hydroxyl groups is 1. The van der Waals surface area contributed by atoms with Crippen molar-refractivity contribution in [2.75, 3.05) is 30.3 Å². The maximum atomic E-state index is 11.3. The van der Waals surface area contributed by atoms with Crippen LogP contribution in [0.5, 0.6) is 0 Å². The van der Waals surface area contributed by atoms with Crippen molar-refractivity contribution in [3.05, 3.63) is 23.8 Å². The summed E-state index contributed by atoms with van der Waals surface area (Å²) in [5, 5.41) is 9.11. The summed E-state index contributed by atoms with van der Waals surface area (Å²) < 4.78 is 0. The Kier molecular flexibility index (Phi) is 3.87. The van der Waals surface area contributed by atoms with Gasteiger partial charge in [-0.3, -0.25) is 4.79 Å². The Hall–Kier alpha value is -1.55. The SMILES string of the molecule is CC(=O)c1ccc(N2CCC(CO)CC2)cc1N. The number of Topliss-reactive ketones (excluding diaryl/α,β-unsaturated/α-hetero) is 1. The molecule has 1 fully saturated rings. The van der Waals surface area contributed by atoms with Crippen LogP contribution in [0.2, 0.25) is 0 Å². The van der Waals surface area contributed by atoms with E-state index in [0.717, 1.165) is 31.6 Å². The molecule has 4 heteroatoms. The first-order chi connectivity index (χ1) is 8.61. The number of nitrogens with zero attached hydrogens (tertiary/aromatic N) is 1. The monoisotopic (exact) mass is 248 g/mol. The van der Waals surface area contributed by atoms with E-state index in [1.165, 1.54) is 6.92 Å². The van der Waals surface area contributed by atoms with E-state index in [0.29, 0.717) is 17.2 Å². The Morgan fingerprint density at radius 3 is 2.61 bits per heavy atom. The largest absolute Gasteiger partial charge is 0.398 e. The van der Waals surface area contributed by atoms with Gasteiger partial charge in [0.05, 0.1) is 0 Å². The first kappa shape index (κ1) is 12.9. The van der Waals surface area contributed by atoms with Gasteiger partial charge < -0.3 is 15.7 Å². The molecule has 1 aliphatic heterocycles. The summed E-state index contributed by atoms with van der Waals surface area (Å²) in [6, 6.07) is 5.62. The number of benzene rings is 1. The third kappa shape index (κ3) is 2.64. The summed E-state index contributed by atoms with van der Waals surface area (Å²) in [5.41, 5.74) is 8.09. The molecule has 0 spiro atoms. The van der Waals surface area contributed by atoms with Crippen LogP contribution in [-0.2, 0) is 0 Å². The average Bonchev–Trinajstić information content (AvgIpc) is 2.38. The molecule has 0 radical (unpaired) electrons. The van der Waals surface area contributed by atoms with Gasteiger partial charge in [-0.05, 0) is 43.9 Å². The van der Waals surface area contributed by atoms with Gasteiger partial charge in [0.25, 0.3) is 0 Å². The topological polar surface area (TPSA) is 66.6 Å². The maximum Gasteiger partial charge on any atom is 0.161 e. The second kappa shape index (κ2) is 5.40. The molecule has 1 aromatic carbocycles. The van der Waals surface area contributed by atoms with Gasteiger partial charge in [-0.1, -0.05) is 0 Å². The van der Waals surface area contributed by atoms with E-state index in [1.807, 2.05) is 12.1 Å². The average molecular weight is 248 g/mol. The number of piperidine rings is 1. The maximum absolute atomic E-state index is 11.3. The standard InChI is InChI=1S/C14H20N2O2/c1-10(18)13-3-2-12(8-14(13)15)16-6-4-11(9-17)5-7-16/h2-3,8,11,17H,4-7,9,15H2,1H3. The number of anilines is 2. The van der Waals surface area contributed by atoms with Crippen LogP contribution in [0.3, 0.4) is 0 Å². The first-order valence-corrected chi connectivity index (χ1v) is 6.38. The molecule has 1 aromatic rings. The third-order valence-corrected chi connectivity index (χ3v) is 3.65. The number of carbonyl (C=O) groups excluding carboxylic acids is 1. The zero-order valence-electron chi connectivity index (χ0n) is 10.7. The number of nitrogens with two attached hydrogens (primary N) is 1. The van der Waals surface area contributed by atoms with Crippen LogP contribution in [0.1, 0.15) is 30.1 Å². The van der Waals surface area contributed by atoms with Gasteiger partial charge in [0, 0.05) is 36.6 Å². The summed E-state index contributed by atoms with van der Waals surface area (Å²) >= 11 is 0. The lowest BCUT2D eigenvalue weighted by atomic mass is 9.97. The van der Waals surface area contributed by atoms with Crippen LogP contribution in [0, 0.1) is 5.92 Å². The summed E-state index contributed by atoms with van der Waals surface area (Å²) in [5.74, 6) is 0.424. The molecular weight excluding hydrogens is 228 g/mol. The molecule has 2 rings (SSSR count). The van der Waals surface area contributed by atoms with E-state index in [1.54, 1.807) is 6.07 Å². The lowest BCUT2D eigenvalue weighted by molar-refractivity contribution is 0.101. The van der Waals surface area contributed by atoms with Gasteiger partial charge in [-0.15, -0.1) is 0 Å². The fraction of sp³-hybridized carbons (Fsp3) is 0.500. The predicted molar refractivity (Wildman–Crippen MR) is 72.9 cm³/mol. The molecule has 98 valence electrons. The molecule has 0 bridgehead atoms. The molecule has 0 aromatic heterocycles. The van der Waals surface area contributed by atoms with Crippen LogP contribution >= 0.6 is 0 Å². The van der Waals surface area contributed by atoms with Crippen LogP contribution < -0.4 is 10.6 Å². The summed E-state index contributed by atoms with van der Waals surface area (Å²) in [7, 11) is 0. The van der Waals surface area contributed by atoms with E-state index < -0.39 is 0 Å². The van der Waals surface area contributed by atoms with Crippen molar-refractivity contribution in [1.29, 1.82) is 0 Å². The summed E-state index contributed by atoms with van der Waals surface area (Å²) in [4.78, 5) is 13.6. The van der Waals surface area contributed by atoms with Gasteiger partial charge >= 0.3 is 0 Å². The molecule has 4 nitrogen and oxygen atoms in total. The van der Waals surface area contributed by atoms with Crippen molar-refractivity contribution in [3.63, 3.8) is 0 Å². The van der Waals surface area contributed by atoms with Gasteiger partial charge in [-0.25, -0.2) is 0 Å². The number of hydrogen-bond donors (Lipinski definition) is 2. The van der Waals surface area contributed by atoms with Crippen molar-refractivity contribution < 1.29 is 9.90 Å². The molecule has 0 aliphatic carbocycles. The van der Waals surface area contributed by atoms with Crippen LogP contribution in [-0.4, -0.2) is 30.6 Å². The molecule has 1 aliphatic rings. The van der Waals surface area contributed by atoms with Crippen molar-refractivity contribution in [2.24, 2.45) is 5.92 Å². The Bertz CT molecular complexity index is 437. The van der Waals surface area contributed by atoms with Gasteiger partial charge in [0.1, 0.15) is 0 Å². The molecule has 1 saturated heterocycles. The lowest BCUT2D eigenvalue weighted by Crippen LogP contribution is -2.34. The molecule has 0 unspecified atom stereocenters. The van der Waals surface area contributed by atoms with Gasteiger partial charge in [-0.2, -0.15) is 0 Å². The van der Waals surface area contributed by atoms with E-state index >= 15 is 0 Å². The van der Waals surface area contributed by atoms with Crippen molar-refractivity contribution in [2.45, 2.75) is 19.8 Å². The Balaban J connectivity index is 2.11. The normalized spacial score (nSPS) is 16.9. The van der Waals surface area contributed by atoms with E-state index in [2.05, 4.69) is 4.90 Å². The van der Waals surface area contributed by atoms with Crippen molar-refractivity contribution >= 4 is 17.2 Å². The number of nitrogen functional groups attached to an aromatic ring is 1. The second-order valence-electron chi connectivity index (χ2n) is 4.94. The van der Waals surface area contributed by atoms with E-state index in [9.17, 15) is 4.79 Å². The quantitative estimate of drug-likeness (QED) is 0.631. The first-order valence-electron chi connectivity index (χ1n) is 6.38. The number of aliphatic hydroxyl groups excluding tert-OH is 1. The van der Waals surface area contributed by atoms with Crippen molar-refractivity contribution in [3.8, 4) is 0 Å². The molecule has 0 atom stereocenters. The minimum absolute atomic E-state index is 0.00182. The summed E-state index contributed by atoms with van der Waals surface area (Å²) in [6.07, 6.45) is 2.01. The minimum Gasteiger partial charge on any atom is -0.398 e. The number of hydrogen-bond acceptors (Lipinski definition) is 4. The zero-order valence-corrected chi connectivity index (χ0v) is 10.7. The van der Waals surface area contributed by atoms with Crippen LogP contribution in [0.4, 0.5) is 11.4 Å². The highest BCUT2D eigenvalue weighted by atomic mass is 16.3. The van der Waals surface area contributed by atoms with Gasteiger partial charge in [0.15, 0.2) is 5.78 Å². The lowest BCUT2D eigenvalue weighted by Gasteiger charge is -2.33. The summed E-state index contributed by atoms with van der Waals surface area (Å²) in [6.45, 7) is 3.67. The van der Waals surface area contributed by atoms with Crippen LogP contribution in [0.15, 0.2) is 18.2 Å². The minimum atomic E-state index is -0.00182. The predicted octanol–water partition coefficient (Wildman–Crippen LogP) is 1.68. The van der Waals surface area contributed by atoms with Crippen LogP contribution in [0.25, 0.3) is 0 Å². The highest BCUT2D eigenvalue weighted by Gasteiger charge is 2.19. The molecule has 0 saturated carbocycles. The molecule has 0 amide bonds. The van der Waals surface area contributed by atoms with E-state index in [-0.39, 0.29) is 12.4 Å². The Morgan fingerprint density at radius 2 is 2.11 bits per heavy atom. The number of rotatable bonds is 3. The van der Waals surface area contributed by atoms with Gasteiger partial charge in [0.2, 0.25) is 0 Å². The Labute approximate surface area is 107 Å². The molecule has 1 heterocycles. The molecule has 3 N–H and O–H groups in total. The fourth-order valence-corrected chi connectivity index (χ4v) is 2.44. The van der Waals surface area contributed by atoms with Crippen molar-refractivity contribution in [1.82, 2.24) is 0 Å². The second-order valence-corrected chi connectivity index (χ2v) is 4.94. The van der Waals surface area contributed by atoms with E-state index in [4.69, 9.17) is 10.8 Å². The highest BCUT2D eigenvalue weighted by Crippen LogP contribution is 2.26. The fourth-order valence-electron chi connectivity index (χ4n) is 2.44. The molecule has 18 heavy (non-hydrogen) atoms. The number of ketones is 1. The Morgan fingerprint density at radius 1 is 1.44 bits per heavy atom.